The second-order valence-electron chi connectivity index (χ2n) is 5.53. The van der Waals surface area contributed by atoms with Crippen molar-refractivity contribution in [1.29, 1.82) is 0 Å². The fourth-order valence-electron chi connectivity index (χ4n) is 2.62. The van der Waals surface area contributed by atoms with E-state index in [1.807, 2.05) is 13.8 Å². The molecular formula is C15H24N2O3. The summed E-state index contributed by atoms with van der Waals surface area (Å²) in [6.07, 6.45) is 0.949. The lowest BCUT2D eigenvalue weighted by molar-refractivity contribution is -0.138. The molecule has 1 N–H and O–H groups in total. The average molecular weight is 280 g/mol. The highest BCUT2D eigenvalue weighted by Gasteiger charge is 2.25. The molecule has 1 aromatic heterocycles. The Morgan fingerprint density at radius 3 is 2.30 bits per heavy atom. The molecule has 112 valence electrons. The molecule has 0 saturated carbocycles. The third-order valence-corrected chi connectivity index (χ3v) is 4.29. The van der Waals surface area contributed by atoms with E-state index in [1.165, 1.54) is 0 Å². The van der Waals surface area contributed by atoms with E-state index >= 15 is 0 Å². The van der Waals surface area contributed by atoms with E-state index in [0.717, 1.165) is 6.42 Å². The Balaban J connectivity index is 3.52. The van der Waals surface area contributed by atoms with Gasteiger partial charge in [0, 0.05) is 23.0 Å². The van der Waals surface area contributed by atoms with Crippen molar-refractivity contribution in [3.05, 3.63) is 27.4 Å². The van der Waals surface area contributed by atoms with Crippen LogP contribution in [0.3, 0.4) is 0 Å². The summed E-state index contributed by atoms with van der Waals surface area (Å²) in [6, 6.07) is 0.000319. The lowest BCUT2D eigenvalue weighted by atomic mass is 9.95. The van der Waals surface area contributed by atoms with Crippen LogP contribution in [0, 0.1) is 19.8 Å². The number of nitrogens with zero attached hydrogens (tertiary/aromatic N) is 2. The number of carbonyl (C=O) groups is 1. The van der Waals surface area contributed by atoms with Gasteiger partial charge in [0.25, 0.3) is 0 Å². The molecule has 0 fully saturated rings. The number of carboxylic acids is 1. The summed E-state index contributed by atoms with van der Waals surface area (Å²) in [4.78, 5) is 27.4. The molecule has 0 saturated heterocycles. The minimum atomic E-state index is -0.903. The van der Waals surface area contributed by atoms with Crippen LogP contribution >= 0.6 is 0 Å². The highest BCUT2D eigenvalue weighted by atomic mass is 16.4. The van der Waals surface area contributed by atoms with Gasteiger partial charge in [0.15, 0.2) is 0 Å². The number of aromatic nitrogens is 2. The van der Waals surface area contributed by atoms with E-state index in [-0.39, 0.29) is 11.7 Å². The topological polar surface area (TPSA) is 72.2 Å². The van der Waals surface area contributed by atoms with Crippen molar-refractivity contribution in [2.45, 2.75) is 59.9 Å². The van der Waals surface area contributed by atoms with E-state index in [9.17, 15) is 14.7 Å². The fraction of sp³-hybridized carbons (Fsp3) is 0.667. The molecule has 3 atom stereocenters. The number of rotatable bonds is 5. The molecule has 0 aromatic carbocycles. The minimum absolute atomic E-state index is 0.000319. The highest BCUT2D eigenvalue weighted by Crippen LogP contribution is 2.26. The zero-order chi connectivity index (χ0) is 15.6. The molecule has 20 heavy (non-hydrogen) atoms. The second kappa shape index (κ2) is 6.20. The Hall–Kier alpha value is -1.65. The summed E-state index contributed by atoms with van der Waals surface area (Å²) in [7, 11) is 0. The average Bonchev–Trinajstić information content (AvgIpc) is 2.36. The summed E-state index contributed by atoms with van der Waals surface area (Å²) in [5, 5.41) is 9.22. The monoisotopic (exact) mass is 280 g/mol. The van der Waals surface area contributed by atoms with Crippen molar-refractivity contribution >= 4 is 5.97 Å². The lowest BCUT2D eigenvalue weighted by Gasteiger charge is -2.26. The summed E-state index contributed by atoms with van der Waals surface area (Å²) >= 11 is 0. The number of hydrogen-bond acceptors (Lipinski definition) is 3. The predicted molar refractivity (Wildman–Crippen MR) is 78.2 cm³/mol. The van der Waals surface area contributed by atoms with E-state index in [4.69, 9.17) is 0 Å². The first-order valence-corrected chi connectivity index (χ1v) is 7.04. The van der Waals surface area contributed by atoms with E-state index in [2.05, 4.69) is 18.8 Å². The van der Waals surface area contributed by atoms with Crippen LogP contribution in [0.5, 0.6) is 0 Å². The third-order valence-electron chi connectivity index (χ3n) is 4.29. The van der Waals surface area contributed by atoms with Gasteiger partial charge in [-0.05, 0) is 33.6 Å². The maximum absolute atomic E-state index is 12.2. The molecule has 0 spiro atoms. The molecular weight excluding hydrogens is 256 g/mol. The molecule has 0 aliphatic rings. The van der Waals surface area contributed by atoms with Gasteiger partial charge in [0.1, 0.15) is 0 Å². The van der Waals surface area contributed by atoms with Gasteiger partial charge in [-0.2, -0.15) is 4.98 Å². The molecule has 0 aliphatic carbocycles. The molecule has 3 unspecified atom stereocenters. The quantitative estimate of drug-likeness (QED) is 0.900. The Kier molecular flexibility index (Phi) is 5.09. The number of carboxylic acid groups (broad SMARTS) is 1. The van der Waals surface area contributed by atoms with Crippen LogP contribution in [-0.4, -0.2) is 20.6 Å². The summed E-state index contributed by atoms with van der Waals surface area (Å²) < 4.78 is 1.63. The van der Waals surface area contributed by atoms with E-state index in [1.54, 1.807) is 18.4 Å². The van der Waals surface area contributed by atoms with Crippen LogP contribution in [0.2, 0.25) is 0 Å². The van der Waals surface area contributed by atoms with Gasteiger partial charge in [-0.25, -0.2) is 4.79 Å². The first-order chi connectivity index (χ1) is 9.22. The summed E-state index contributed by atoms with van der Waals surface area (Å²) in [6.45, 7) is 11.3. The zero-order valence-corrected chi connectivity index (χ0v) is 13.1. The van der Waals surface area contributed by atoms with Crippen LogP contribution in [0.1, 0.15) is 63.0 Å². The first-order valence-electron chi connectivity index (χ1n) is 7.04. The van der Waals surface area contributed by atoms with Crippen LogP contribution < -0.4 is 5.69 Å². The Bertz CT molecular complexity index is 563. The van der Waals surface area contributed by atoms with Crippen molar-refractivity contribution in [3.8, 4) is 0 Å². The van der Waals surface area contributed by atoms with Crippen LogP contribution in [-0.2, 0) is 4.79 Å². The van der Waals surface area contributed by atoms with Crippen LogP contribution in [0.25, 0.3) is 0 Å². The maximum atomic E-state index is 12.2. The Morgan fingerprint density at radius 1 is 1.30 bits per heavy atom. The van der Waals surface area contributed by atoms with Crippen molar-refractivity contribution in [3.63, 3.8) is 0 Å². The zero-order valence-electron chi connectivity index (χ0n) is 13.1. The van der Waals surface area contributed by atoms with Crippen molar-refractivity contribution in [1.82, 2.24) is 9.55 Å². The van der Waals surface area contributed by atoms with Crippen molar-refractivity contribution in [2.75, 3.05) is 0 Å². The maximum Gasteiger partial charge on any atom is 0.348 e. The smallest absolute Gasteiger partial charge is 0.348 e. The second-order valence-corrected chi connectivity index (χ2v) is 5.53. The molecule has 0 radical (unpaired) electrons. The summed E-state index contributed by atoms with van der Waals surface area (Å²) in [5.41, 5.74) is 1.57. The van der Waals surface area contributed by atoms with Gasteiger partial charge in [-0.3, -0.25) is 9.36 Å². The molecule has 1 rings (SSSR count). The Labute approximate surface area is 119 Å². The normalized spacial score (nSPS) is 15.7. The summed E-state index contributed by atoms with van der Waals surface area (Å²) in [5.74, 6) is -1.25. The number of hydrogen-bond donors (Lipinski definition) is 1. The van der Waals surface area contributed by atoms with Crippen molar-refractivity contribution < 1.29 is 9.90 Å². The highest BCUT2D eigenvalue weighted by molar-refractivity contribution is 5.76. The van der Waals surface area contributed by atoms with Crippen LogP contribution in [0.4, 0.5) is 0 Å². The fourth-order valence-corrected chi connectivity index (χ4v) is 2.62. The van der Waals surface area contributed by atoms with Crippen molar-refractivity contribution in [2.24, 2.45) is 5.92 Å². The lowest BCUT2D eigenvalue weighted by Crippen LogP contribution is -2.33. The third kappa shape index (κ3) is 2.92. The molecule has 5 heteroatoms. The SMILES string of the molecule is CCC(C)C(C)n1c(C)c(C(C)C(=O)O)c(C)nc1=O. The van der Waals surface area contributed by atoms with Gasteiger partial charge in [-0.15, -0.1) is 0 Å². The predicted octanol–water partition coefficient (Wildman–Crippen LogP) is 2.66. The molecule has 0 bridgehead atoms. The van der Waals surface area contributed by atoms with Gasteiger partial charge in [0.05, 0.1) is 5.92 Å². The largest absolute Gasteiger partial charge is 0.481 e. The van der Waals surface area contributed by atoms with E-state index < -0.39 is 11.9 Å². The molecule has 1 heterocycles. The van der Waals surface area contributed by atoms with Gasteiger partial charge in [0.2, 0.25) is 0 Å². The van der Waals surface area contributed by atoms with Gasteiger partial charge >= 0.3 is 11.7 Å². The van der Waals surface area contributed by atoms with Gasteiger partial charge < -0.3 is 5.11 Å². The number of aliphatic carboxylic acids is 1. The standard InChI is InChI=1S/C15H24N2O3/c1-7-8(2)11(5)17-12(6)13(9(3)14(18)19)10(4)16-15(17)20/h8-9,11H,7H2,1-6H3,(H,18,19). The van der Waals surface area contributed by atoms with E-state index in [0.29, 0.717) is 22.9 Å². The minimum Gasteiger partial charge on any atom is -0.481 e. The molecule has 0 amide bonds. The molecule has 5 nitrogen and oxygen atoms in total. The Morgan fingerprint density at radius 2 is 1.85 bits per heavy atom. The molecule has 1 aromatic rings. The van der Waals surface area contributed by atoms with Gasteiger partial charge in [-0.1, -0.05) is 20.3 Å². The van der Waals surface area contributed by atoms with Crippen LogP contribution in [0.15, 0.2) is 4.79 Å². The molecule has 0 aliphatic heterocycles. The first kappa shape index (κ1) is 16.4. The number of aryl methyl sites for hydroxylation is 1.